The van der Waals surface area contributed by atoms with Gasteiger partial charge in [0, 0.05) is 19.3 Å². The van der Waals surface area contributed by atoms with E-state index in [1.807, 2.05) is 6.92 Å². The van der Waals surface area contributed by atoms with E-state index in [0.717, 1.165) is 18.8 Å². The molecular formula is C15H25N3O. The van der Waals surface area contributed by atoms with E-state index in [1.165, 1.54) is 6.42 Å². The van der Waals surface area contributed by atoms with Crippen molar-refractivity contribution in [3.8, 4) is 0 Å². The van der Waals surface area contributed by atoms with Crippen LogP contribution in [0, 0.1) is 5.92 Å². The highest BCUT2D eigenvalue weighted by Gasteiger charge is 2.13. The highest BCUT2D eigenvalue weighted by atomic mass is 16.1. The van der Waals surface area contributed by atoms with Crippen molar-refractivity contribution in [1.29, 1.82) is 0 Å². The molecule has 106 valence electrons. The average Bonchev–Trinajstić information content (AvgIpc) is 2.38. The molecule has 0 saturated carbocycles. The molecule has 1 heterocycles. The average molecular weight is 263 g/mol. The van der Waals surface area contributed by atoms with Crippen LogP contribution in [0.15, 0.2) is 18.3 Å². The van der Waals surface area contributed by atoms with Crippen LogP contribution in [0.25, 0.3) is 0 Å². The Kier molecular flexibility index (Phi) is 6.33. The molecule has 1 aromatic heterocycles. The largest absolute Gasteiger partial charge is 0.372 e. The lowest BCUT2D eigenvalue weighted by Crippen LogP contribution is -2.33. The first-order valence-corrected chi connectivity index (χ1v) is 6.98. The molecule has 0 fully saturated rings. The molecule has 1 atom stereocenters. The minimum atomic E-state index is -0.0607. The van der Waals surface area contributed by atoms with Crippen LogP contribution in [0.4, 0.5) is 5.82 Å². The molecule has 0 saturated heterocycles. The van der Waals surface area contributed by atoms with Gasteiger partial charge in [0.1, 0.15) is 5.82 Å². The van der Waals surface area contributed by atoms with Crippen LogP contribution < -0.4 is 10.6 Å². The van der Waals surface area contributed by atoms with Gasteiger partial charge in [0.2, 0.25) is 0 Å². The molecule has 1 rings (SSSR count). The summed E-state index contributed by atoms with van der Waals surface area (Å²) in [5, 5.41) is 5.96. The number of hydrogen-bond donors (Lipinski definition) is 2. The summed E-state index contributed by atoms with van der Waals surface area (Å²) in [6.45, 7) is 6.49. The van der Waals surface area contributed by atoms with Crippen LogP contribution >= 0.6 is 0 Å². The van der Waals surface area contributed by atoms with Gasteiger partial charge in [-0.15, -0.1) is 0 Å². The fraction of sp³-hybridized carbons (Fsp3) is 0.600. The van der Waals surface area contributed by atoms with Crippen molar-refractivity contribution >= 4 is 11.7 Å². The lowest BCUT2D eigenvalue weighted by atomic mass is 10.0. The topological polar surface area (TPSA) is 54.0 Å². The number of rotatable bonds is 7. The first-order chi connectivity index (χ1) is 9.04. The second-order valence-electron chi connectivity index (χ2n) is 5.35. The third kappa shape index (κ3) is 5.28. The number of amides is 1. The molecule has 0 aliphatic rings. The summed E-state index contributed by atoms with van der Waals surface area (Å²) in [4.78, 5) is 16.3. The van der Waals surface area contributed by atoms with E-state index in [4.69, 9.17) is 0 Å². The van der Waals surface area contributed by atoms with Crippen LogP contribution in [-0.2, 0) is 0 Å². The molecule has 0 bridgehead atoms. The molecule has 1 unspecified atom stereocenters. The zero-order chi connectivity index (χ0) is 14.3. The van der Waals surface area contributed by atoms with Gasteiger partial charge >= 0.3 is 0 Å². The Hall–Kier alpha value is -1.58. The van der Waals surface area contributed by atoms with E-state index in [9.17, 15) is 4.79 Å². The number of nitrogens with one attached hydrogen (secondary N) is 2. The second kappa shape index (κ2) is 7.77. The molecule has 4 nitrogen and oxygen atoms in total. The summed E-state index contributed by atoms with van der Waals surface area (Å²) in [6.07, 6.45) is 5.04. The Bertz CT molecular complexity index is 404. The van der Waals surface area contributed by atoms with Crippen LogP contribution in [0.5, 0.6) is 0 Å². The number of nitrogens with zero attached hydrogens (tertiary/aromatic N) is 1. The van der Waals surface area contributed by atoms with E-state index in [-0.39, 0.29) is 11.9 Å². The monoisotopic (exact) mass is 263 g/mol. The molecule has 4 heteroatoms. The molecule has 0 spiro atoms. The van der Waals surface area contributed by atoms with Gasteiger partial charge in [-0.2, -0.15) is 0 Å². The maximum Gasteiger partial charge on any atom is 0.255 e. The summed E-state index contributed by atoms with van der Waals surface area (Å²) < 4.78 is 0. The molecular weight excluding hydrogens is 238 g/mol. The number of anilines is 1. The fourth-order valence-electron chi connectivity index (χ4n) is 1.99. The predicted molar refractivity (Wildman–Crippen MR) is 79.4 cm³/mol. The highest BCUT2D eigenvalue weighted by molar-refractivity contribution is 5.98. The van der Waals surface area contributed by atoms with Gasteiger partial charge in [-0.1, -0.05) is 26.7 Å². The first kappa shape index (κ1) is 15.5. The molecule has 0 radical (unpaired) electrons. The van der Waals surface area contributed by atoms with E-state index >= 15 is 0 Å². The molecule has 19 heavy (non-hydrogen) atoms. The standard InChI is InChI=1S/C15H25N3O/c1-11(2)7-5-8-12(3)18-15(19)13-9-6-10-17-14(13)16-4/h6,9-12H,5,7-8H2,1-4H3,(H,16,17)(H,18,19). The minimum absolute atomic E-state index is 0.0607. The second-order valence-corrected chi connectivity index (χ2v) is 5.35. The number of carbonyl (C=O) groups excluding carboxylic acids is 1. The van der Waals surface area contributed by atoms with Gasteiger partial charge in [-0.05, 0) is 31.4 Å². The quantitative estimate of drug-likeness (QED) is 0.795. The summed E-state index contributed by atoms with van der Waals surface area (Å²) in [5.41, 5.74) is 0.598. The summed E-state index contributed by atoms with van der Waals surface area (Å²) in [5.74, 6) is 1.28. The van der Waals surface area contributed by atoms with E-state index in [1.54, 1.807) is 25.4 Å². The highest BCUT2D eigenvalue weighted by Crippen LogP contribution is 2.12. The van der Waals surface area contributed by atoms with Gasteiger partial charge in [0.05, 0.1) is 5.56 Å². The van der Waals surface area contributed by atoms with Gasteiger partial charge in [-0.25, -0.2) is 4.98 Å². The van der Waals surface area contributed by atoms with Crippen molar-refractivity contribution in [1.82, 2.24) is 10.3 Å². The maximum absolute atomic E-state index is 12.1. The number of carbonyl (C=O) groups is 1. The number of hydrogen-bond acceptors (Lipinski definition) is 3. The normalized spacial score (nSPS) is 12.3. The van der Waals surface area contributed by atoms with Crippen molar-refractivity contribution < 1.29 is 4.79 Å². The number of pyridine rings is 1. The zero-order valence-electron chi connectivity index (χ0n) is 12.4. The van der Waals surface area contributed by atoms with Crippen molar-refractivity contribution in [3.05, 3.63) is 23.9 Å². The molecule has 1 amide bonds. The SMILES string of the molecule is CNc1ncccc1C(=O)NC(C)CCCC(C)C. The zero-order valence-corrected chi connectivity index (χ0v) is 12.4. The van der Waals surface area contributed by atoms with Crippen molar-refractivity contribution in [3.63, 3.8) is 0 Å². The third-order valence-corrected chi connectivity index (χ3v) is 3.09. The molecule has 0 aliphatic carbocycles. The van der Waals surface area contributed by atoms with Crippen LogP contribution in [0.3, 0.4) is 0 Å². The maximum atomic E-state index is 12.1. The van der Waals surface area contributed by atoms with Crippen LogP contribution in [-0.4, -0.2) is 24.0 Å². The minimum Gasteiger partial charge on any atom is -0.372 e. The first-order valence-electron chi connectivity index (χ1n) is 6.98. The van der Waals surface area contributed by atoms with E-state index in [2.05, 4.69) is 29.5 Å². The van der Waals surface area contributed by atoms with E-state index < -0.39 is 0 Å². The van der Waals surface area contributed by atoms with Gasteiger partial charge < -0.3 is 10.6 Å². The Morgan fingerprint density at radius 1 is 1.32 bits per heavy atom. The smallest absolute Gasteiger partial charge is 0.255 e. The molecule has 0 aromatic carbocycles. The van der Waals surface area contributed by atoms with Crippen molar-refractivity contribution in [2.75, 3.05) is 12.4 Å². The van der Waals surface area contributed by atoms with E-state index in [0.29, 0.717) is 11.4 Å². The van der Waals surface area contributed by atoms with Crippen LogP contribution in [0.1, 0.15) is 50.4 Å². The molecule has 1 aromatic rings. The summed E-state index contributed by atoms with van der Waals surface area (Å²) in [7, 11) is 1.77. The van der Waals surface area contributed by atoms with Gasteiger partial charge in [0.25, 0.3) is 5.91 Å². The summed E-state index contributed by atoms with van der Waals surface area (Å²) in [6, 6.07) is 3.75. The summed E-state index contributed by atoms with van der Waals surface area (Å²) >= 11 is 0. The molecule has 0 aliphatic heterocycles. The fourth-order valence-corrected chi connectivity index (χ4v) is 1.99. The lowest BCUT2D eigenvalue weighted by Gasteiger charge is -2.15. The Labute approximate surface area is 116 Å². The Morgan fingerprint density at radius 2 is 2.05 bits per heavy atom. The van der Waals surface area contributed by atoms with Gasteiger partial charge in [0.15, 0.2) is 0 Å². The Morgan fingerprint density at radius 3 is 2.68 bits per heavy atom. The van der Waals surface area contributed by atoms with Crippen molar-refractivity contribution in [2.45, 2.75) is 46.1 Å². The third-order valence-electron chi connectivity index (χ3n) is 3.09. The predicted octanol–water partition coefficient (Wildman–Crippen LogP) is 3.07. The van der Waals surface area contributed by atoms with Crippen molar-refractivity contribution in [2.24, 2.45) is 5.92 Å². The van der Waals surface area contributed by atoms with Gasteiger partial charge in [-0.3, -0.25) is 4.79 Å². The Balaban J connectivity index is 2.50. The molecule has 2 N–H and O–H groups in total. The number of aromatic nitrogens is 1. The lowest BCUT2D eigenvalue weighted by molar-refractivity contribution is 0.0938. The van der Waals surface area contributed by atoms with Crippen LogP contribution in [0.2, 0.25) is 0 Å².